The van der Waals surface area contributed by atoms with E-state index in [1.807, 2.05) is 56.9 Å². The molecule has 19 heavy (non-hydrogen) atoms. The van der Waals surface area contributed by atoms with Gasteiger partial charge in [-0.2, -0.15) is 0 Å². The molecular weight excluding hydrogens is 242 g/mol. The van der Waals surface area contributed by atoms with Crippen LogP contribution in [0.15, 0.2) is 24.3 Å². The fraction of sp³-hybridized carbons (Fsp3) is 0.533. The molecule has 0 atom stereocenters. The minimum Gasteiger partial charge on any atom is -0.492 e. The maximum absolute atomic E-state index is 10.8. The molecule has 106 valence electrons. The molecule has 0 unspecified atom stereocenters. The number of ether oxygens (including phenoxy) is 1. The van der Waals surface area contributed by atoms with Gasteiger partial charge in [-0.1, -0.05) is 17.7 Å². The molecule has 0 heterocycles. The Balaban J connectivity index is 2.48. The molecule has 0 spiro atoms. The van der Waals surface area contributed by atoms with Crippen molar-refractivity contribution in [3.8, 4) is 5.75 Å². The topological polar surface area (TPSA) is 49.8 Å². The summed E-state index contributed by atoms with van der Waals surface area (Å²) < 4.78 is 5.63. The standard InChI is InChI=1S/C15H23NO3/c1-12-5-7-13(8-6-12)19-10-9-16(11-14(17)18)15(2,3)4/h5-8H,9-11H2,1-4H3,(H,17,18). The second-order valence-electron chi connectivity index (χ2n) is 5.65. The Morgan fingerprint density at radius 3 is 2.32 bits per heavy atom. The average Bonchev–Trinajstić information content (AvgIpc) is 2.28. The van der Waals surface area contributed by atoms with Crippen LogP contribution in [0.5, 0.6) is 5.75 Å². The number of rotatable bonds is 6. The summed E-state index contributed by atoms with van der Waals surface area (Å²) in [7, 11) is 0. The zero-order valence-corrected chi connectivity index (χ0v) is 12.1. The normalized spacial score (nSPS) is 11.6. The molecule has 1 N–H and O–H groups in total. The molecule has 0 amide bonds. The third kappa shape index (κ3) is 5.75. The third-order valence-corrected chi connectivity index (χ3v) is 2.93. The lowest BCUT2D eigenvalue weighted by atomic mass is 10.1. The maximum Gasteiger partial charge on any atom is 0.317 e. The van der Waals surface area contributed by atoms with Crippen LogP contribution in [0.1, 0.15) is 26.3 Å². The van der Waals surface area contributed by atoms with Crippen molar-refractivity contribution in [2.75, 3.05) is 19.7 Å². The number of aryl methyl sites for hydroxylation is 1. The zero-order valence-electron chi connectivity index (χ0n) is 12.1. The molecule has 0 aliphatic rings. The summed E-state index contributed by atoms with van der Waals surface area (Å²) in [5, 5.41) is 8.91. The van der Waals surface area contributed by atoms with E-state index < -0.39 is 5.97 Å². The van der Waals surface area contributed by atoms with Gasteiger partial charge in [0.15, 0.2) is 0 Å². The first kappa shape index (κ1) is 15.5. The first-order valence-corrected chi connectivity index (χ1v) is 6.45. The molecule has 4 nitrogen and oxygen atoms in total. The van der Waals surface area contributed by atoms with Crippen LogP contribution in [0.3, 0.4) is 0 Å². The second kappa shape index (κ2) is 6.57. The molecule has 1 aromatic rings. The highest BCUT2D eigenvalue weighted by Gasteiger charge is 2.23. The first-order chi connectivity index (χ1) is 8.79. The predicted molar refractivity (Wildman–Crippen MR) is 75.6 cm³/mol. The van der Waals surface area contributed by atoms with Gasteiger partial charge in [0.25, 0.3) is 0 Å². The Kier molecular flexibility index (Phi) is 5.36. The number of aliphatic carboxylic acids is 1. The summed E-state index contributed by atoms with van der Waals surface area (Å²) in [6, 6.07) is 7.84. The lowest BCUT2D eigenvalue weighted by molar-refractivity contribution is -0.139. The van der Waals surface area contributed by atoms with Gasteiger partial charge in [-0.25, -0.2) is 0 Å². The van der Waals surface area contributed by atoms with E-state index in [-0.39, 0.29) is 12.1 Å². The summed E-state index contributed by atoms with van der Waals surface area (Å²) >= 11 is 0. The SMILES string of the molecule is Cc1ccc(OCCN(CC(=O)O)C(C)(C)C)cc1. The lowest BCUT2D eigenvalue weighted by Gasteiger charge is -2.34. The highest BCUT2D eigenvalue weighted by atomic mass is 16.5. The minimum absolute atomic E-state index is 0.0285. The van der Waals surface area contributed by atoms with E-state index in [9.17, 15) is 4.79 Å². The van der Waals surface area contributed by atoms with Crippen molar-refractivity contribution in [2.24, 2.45) is 0 Å². The number of nitrogens with zero attached hydrogens (tertiary/aromatic N) is 1. The van der Waals surface area contributed by atoms with E-state index in [2.05, 4.69) is 0 Å². The molecule has 0 saturated carbocycles. The van der Waals surface area contributed by atoms with Crippen LogP contribution in [0.25, 0.3) is 0 Å². The number of benzene rings is 1. The number of carboxylic acid groups (broad SMARTS) is 1. The van der Waals surface area contributed by atoms with E-state index in [1.165, 1.54) is 5.56 Å². The summed E-state index contributed by atoms with van der Waals surface area (Å²) in [5.74, 6) is 0.0000417. The molecule has 1 rings (SSSR count). The Bertz CT molecular complexity index is 406. The van der Waals surface area contributed by atoms with Gasteiger partial charge in [-0.05, 0) is 39.8 Å². The molecule has 4 heteroatoms. The summed E-state index contributed by atoms with van der Waals surface area (Å²) in [4.78, 5) is 12.7. The number of carbonyl (C=O) groups is 1. The van der Waals surface area contributed by atoms with Crippen molar-refractivity contribution in [2.45, 2.75) is 33.2 Å². The average molecular weight is 265 g/mol. The van der Waals surface area contributed by atoms with Crippen molar-refractivity contribution in [1.29, 1.82) is 0 Å². The number of hydrogen-bond acceptors (Lipinski definition) is 3. The fourth-order valence-electron chi connectivity index (χ4n) is 1.72. The molecule has 0 bridgehead atoms. The van der Waals surface area contributed by atoms with Gasteiger partial charge < -0.3 is 9.84 Å². The van der Waals surface area contributed by atoms with Crippen LogP contribution in [-0.4, -0.2) is 41.2 Å². The van der Waals surface area contributed by atoms with E-state index >= 15 is 0 Å². The van der Waals surface area contributed by atoms with E-state index in [0.717, 1.165) is 5.75 Å². The van der Waals surface area contributed by atoms with Crippen molar-refractivity contribution >= 4 is 5.97 Å². The van der Waals surface area contributed by atoms with Gasteiger partial charge in [0.2, 0.25) is 0 Å². The van der Waals surface area contributed by atoms with Crippen LogP contribution in [0.2, 0.25) is 0 Å². The fourth-order valence-corrected chi connectivity index (χ4v) is 1.72. The smallest absolute Gasteiger partial charge is 0.317 e. The highest BCUT2D eigenvalue weighted by Crippen LogP contribution is 2.14. The summed E-state index contributed by atoms with van der Waals surface area (Å²) in [5.41, 5.74) is 1.00. The van der Waals surface area contributed by atoms with Gasteiger partial charge in [-0.15, -0.1) is 0 Å². The Labute approximate surface area is 115 Å². The van der Waals surface area contributed by atoms with Gasteiger partial charge in [0, 0.05) is 12.1 Å². The van der Waals surface area contributed by atoms with Gasteiger partial charge in [-0.3, -0.25) is 9.69 Å². The van der Waals surface area contributed by atoms with Gasteiger partial charge in [0.05, 0.1) is 6.54 Å². The Morgan fingerprint density at radius 2 is 1.84 bits per heavy atom. The Morgan fingerprint density at radius 1 is 1.26 bits per heavy atom. The zero-order chi connectivity index (χ0) is 14.5. The molecule has 1 aromatic carbocycles. The summed E-state index contributed by atoms with van der Waals surface area (Å²) in [6.45, 7) is 9.13. The lowest BCUT2D eigenvalue weighted by Crippen LogP contribution is -2.46. The van der Waals surface area contributed by atoms with Crippen molar-refractivity contribution in [3.63, 3.8) is 0 Å². The van der Waals surface area contributed by atoms with E-state index in [4.69, 9.17) is 9.84 Å². The van der Waals surface area contributed by atoms with Crippen LogP contribution in [-0.2, 0) is 4.79 Å². The van der Waals surface area contributed by atoms with Crippen LogP contribution >= 0.6 is 0 Å². The molecule has 0 aliphatic heterocycles. The molecule has 0 saturated heterocycles. The van der Waals surface area contributed by atoms with E-state index in [0.29, 0.717) is 13.2 Å². The predicted octanol–water partition coefficient (Wildman–Crippen LogP) is 2.56. The number of hydrogen-bond donors (Lipinski definition) is 1. The van der Waals surface area contributed by atoms with Crippen LogP contribution in [0, 0.1) is 6.92 Å². The second-order valence-corrected chi connectivity index (χ2v) is 5.65. The van der Waals surface area contributed by atoms with Gasteiger partial charge in [0.1, 0.15) is 12.4 Å². The minimum atomic E-state index is -0.815. The first-order valence-electron chi connectivity index (χ1n) is 6.45. The molecule has 0 aromatic heterocycles. The number of carboxylic acids is 1. The molecule has 0 fully saturated rings. The van der Waals surface area contributed by atoms with Crippen LogP contribution in [0.4, 0.5) is 0 Å². The molecule has 0 radical (unpaired) electrons. The maximum atomic E-state index is 10.8. The third-order valence-electron chi connectivity index (χ3n) is 2.93. The monoisotopic (exact) mass is 265 g/mol. The van der Waals surface area contributed by atoms with Crippen molar-refractivity contribution < 1.29 is 14.6 Å². The largest absolute Gasteiger partial charge is 0.492 e. The van der Waals surface area contributed by atoms with Crippen LogP contribution < -0.4 is 4.74 Å². The summed E-state index contributed by atoms with van der Waals surface area (Å²) in [6.07, 6.45) is 0. The molecular formula is C15H23NO3. The Hall–Kier alpha value is -1.55. The van der Waals surface area contributed by atoms with Crippen molar-refractivity contribution in [3.05, 3.63) is 29.8 Å². The van der Waals surface area contributed by atoms with Crippen molar-refractivity contribution in [1.82, 2.24) is 4.90 Å². The molecule has 0 aliphatic carbocycles. The van der Waals surface area contributed by atoms with Gasteiger partial charge >= 0.3 is 5.97 Å². The van der Waals surface area contributed by atoms with E-state index in [1.54, 1.807) is 0 Å². The quantitative estimate of drug-likeness (QED) is 0.859. The highest BCUT2D eigenvalue weighted by molar-refractivity contribution is 5.69.